The highest BCUT2D eigenvalue weighted by atomic mass is 16.5. The highest BCUT2D eigenvalue weighted by molar-refractivity contribution is 5.78. The minimum absolute atomic E-state index is 0.0965. The third kappa shape index (κ3) is 4.46. The van der Waals surface area contributed by atoms with Crippen LogP contribution in [0.15, 0.2) is 0 Å². The average molecular weight is 268 g/mol. The number of nitrogens with one attached hydrogen (secondary N) is 2. The second-order valence-corrected chi connectivity index (χ2v) is 6.38. The molecule has 4 heteroatoms. The van der Waals surface area contributed by atoms with Crippen LogP contribution < -0.4 is 10.6 Å². The van der Waals surface area contributed by atoms with E-state index in [0.717, 1.165) is 19.4 Å². The van der Waals surface area contributed by atoms with E-state index in [4.69, 9.17) is 4.74 Å². The van der Waals surface area contributed by atoms with Crippen LogP contribution in [0.25, 0.3) is 0 Å². The quantitative estimate of drug-likeness (QED) is 0.820. The molecule has 0 aromatic carbocycles. The predicted molar refractivity (Wildman–Crippen MR) is 76.1 cm³/mol. The molecule has 1 aliphatic heterocycles. The smallest absolute Gasteiger partial charge is 0.234 e. The first-order valence-corrected chi connectivity index (χ1v) is 7.76. The highest BCUT2D eigenvalue weighted by Crippen LogP contribution is 2.38. The summed E-state index contributed by atoms with van der Waals surface area (Å²) in [4.78, 5) is 11.7. The van der Waals surface area contributed by atoms with Crippen molar-refractivity contribution in [3.05, 3.63) is 0 Å². The van der Waals surface area contributed by atoms with Crippen LogP contribution in [-0.4, -0.2) is 36.7 Å². The molecule has 0 aromatic rings. The summed E-state index contributed by atoms with van der Waals surface area (Å²) in [5, 5.41) is 6.33. The first-order chi connectivity index (χ1) is 9.10. The van der Waals surface area contributed by atoms with Gasteiger partial charge in [0.05, 0.1) is 12.1 Å². The molecular formula is C15H28N2O2. The zero-order valence-corrected chi connectivity index (χ0v) is 12.3. The van der Waals surface area contributed by atoms with Gasteiger partial charge in [-0.2, -0.15) is 0 Å². The molecule has 110 valence electrons. The number of rotatable bonds is 4. The van der Waals surface area contributed by atoms with Crippen molar-refractivity contribution in [2.45, 2.75) is 76.5 Å². The molecule has 1 saturated heterocycles. The Hall–Kier alpha value is -0.610. The molecule has 0 radical (unpaired) electrons. The van der Waals surface area contributed by atoms with Crippen LogP contribution in [0.1, 0.15) is 58.8 Å². The molecular weight excluding hydrogens is 240 g/mol. The second-order valence-electron chi connectivity index (χ2n) is 6.38. The van der Waals surface area contributed by atoms with Crippen molar-refractivity contribution in [2.75, 3.05) is 13.2 Å². The molecule has 2 rings (SSSR count). The zero-order valence-electron chi connectivity index (χ0n) is 12.3. The molecule has 1 heterocycles. The summed E-state index contributed by atoms with van der Waals surface area (Å²) < 4.78 is 6.07. The third-order valence-corrected chi connectivity index (χ3v) is 4.26. The van der Waals surface area contributed by atoms with Gasteiger partial charge in [0.15, 0.2) is 0 Å². The molecule has 1 saturated carbocycles. The summed E-state index contributed by atoms with van der Waals surface area (Å²) in [7, 11) is 0. The molecule has 2 fully saturated rings. The van der Waals surface area contributed by atoms with Gasteiger partial charge in [0, 0.05) is 18.7 Å². The topological polar surface area (TPSA) is 50.4 Å². The lowest BCUT2D eigenvalue weighted by Crippen LogP contribution is -2.50. The van der Waals surface area contributed by atoms with E-state index in [1.54, 1.807) is 0 Å². The molecule has 1 unspecified atom stereocenters. The summed E-state index contributed by atoms with van der Waals surface area (Å²) in [6.07, 6.45) is 8.42. The first-order valence-electron chi connectivity index (χ1n) is 7.76. The van der Waals surface area contributed by atoms with Crippen molar-refractivity contribution in [3.63, 3.8) is 0 Å². The van der Waals surface area contributed by atoms with Gasteiger partial charge < -0.3 is 15.4 Å². The van der Waals surface area contributed by atoms with Gasteiger partial charge in [0.1, 0.15) is 0 Å². The van der Waals surface area contributed by atoms with Crippen molar-refractivity contribution in [1.82, 2.24) is 10.6 Å². The van der Waals surface area contributed by atoms with Crippen molar-refractivity contribution in [2.24, 2.45) is 0 Å². The maximum absolute atomic E-state index is 11.7. The van der Waals surface area contributed by atoms with E-state index in [-0.39, 0.29) is 17.6 Å². The van der Waals surface area contributed by atoms with Crippen LogP contribution in [0.4, 0.5) is 0 Å². The summed E-state index contributed by atoms with van der Waals surface area (Å²) in [5.74, 6) is 0.0965. The number of hydrogen-bond acceptors (Lipinski definition) is 3. The number of ether oxygens (including phenoxy) is 1. The molecule has 1 amide bonds. The number of carbonyl (C=O) groups is 1. The van der Waals surface area contributed by atoms with E-state index in [1.165, 1.54) is 32.1 Å². The van der Waals surface area contributed by atoms with Crippen molar-refractivity contribution in [3.8, 4) is 0 Å². The molecule has 0 aromatic heterocycles. The van der Waals surface area contributed by atoms with Crippen molar-refractivity contribution < 1.29 is 9.53 Å². The van der Waals surface area contributed by atoms with Crippen molar-refractivity contribution >= 4 is 5.91 Å². The number of hydrogen-bond donors (Lipinski definition) is 2. The van der Waals surface area contributed by atoms with Gasteiger partial charge in [-0.3, -0.25) is 4.79 Å². The molecule has 4 nitrogen and oxygen atoms in total. The standard InChI is InChI=1S/C15H28N2O2/c1-12(2)17-14(18)11-16-13-6-9-19-15(10-13)7-4-3-5-8-15/h12-13,16H,3-11H2,1-2H3,(H,17,18). The fraction of sp³-hybridized carbons (Fsp3) is 0.933. The lowest BCUT2D eigenvalue weighted by Gasteiger charge is -2.43. The SMILES string of the molecule is CC(C)NC(=O)CNC1CCOC2(CCCCC2)C1. The first kappa shape index (κ1) is 14.8. The Morgan fingerprint density at radius 1 is 1.32 bits per heavy atom. The zero-order chi connectivity index (χ0) is 13.7. The van der Waals surface area contributed by atoms with Gasteiger partial charge in [-0.25, -0.2) is 0 Å². The van der Waals surface area contributed by atoms with E-state index in [2.05, 4.69) is 10.6 Å². The van der Waals surface area contributed by atoms with Gasteiger partial charge in [-0.15, -0.1) is 0 Å². The lowest BCUT2D eigenvalue weighted by atomic mass is 9.78. The van der Waals surface area contributed by atoms with Crippen LogP contribution in [-0.2, 0) is 9.53 Å². The van der Waals surface area contributed by atoms with Gasteiger partial charge >= 0.3 is 0 Å². The fourth-order valence-corrected chi connectivity index (χ4v) is 3.36. The molecule has 1 atom stereocenters. The van der Waals surface area contributed by atoms with Crippen molar-refractivity contribution in [1.29, 1.82) is 0 Å². The summed E-state index contributed by atoms with van der Waals surface area (Å²) in [6.45, 7) is 5.25. The number of carbonyl (C=O) groups excluding carboxylic acids is 1. The average Bonchev–Trinajstić information content (AvgIpc) is 2.37. The second kappa shape index (κ2) is 6.71. The maximum atomic E-state index is 11.7. The normalized spacial score (nSPS) is 26.6. The Balaban J connectivity index is 1.76. The maximum Gasteiger partial charge on any atom is 0.234 e. The van der Waals surface area contributed by atoms with E-state index in [0.29, 0.717) is 12.6 Å². The summed E-state index contributed by atoms with van der Waals surface area (Å²) in [5.41, 5.74) is 0.114. The van der Waals surface area contributed by atoms with Gasteiger partial charge in [-0.05, 0) is 39.5 Å². The minimum atomic E-state index is 0.0965. The summed E-state index contributed by atoms with van der Waals surface area (Å²) >= 11 is 0. The molecule has 0 bridgehead atoms. The Morgan fingerprint density at radius 2 is 2.05 bits per heavy atom. The van der Waals surface area contributed by atoms with E-state index < -0.39 is 0 Å². The Bertz CT molecular complexity index is 293. The Morgan fingerprint density at radius 3 is 2.74 bits per heavy atom. The molecule has 1 aliphatic carbocycles. The Labute approximate surface area is 116 Å². The molecule has 2 N–H and O–H groups in total. The van der Waals surface area contributed by atoms with Crippen LogP contribution >= 0.6 is 0 Å². The van der Waals surface area contributed by atoms with E-state index in [9.17, 15) is 4.79 Å². The molecule has 2 aliphatic rings. The lowest BCUT2D eigenvalue weighted by molar-refractivity contribution is -0.123. The largest absolute Gasteiger partial charge is 0.375 e. The monoisotopic (exact) mass is 268 g/mol. The summed E-state index contributed by atoms with van der Waals surface area (Å²) in [6, 6.07) is 0.651. The third-order valence-electron chi connectivity index (χ3n) is 4.26. The predicted octanol–water partition coefficient (Wildman–Crippen LogP) is 1.98. The minimum Gasteiger partial charge on any atom is -0.375 e. The Kier molecular flexibility index (Phi) is 5.22. The van der Waals surface area contributed by atoms with E-state index in [1.807, 2.05) is 13.8 Å². The van der Waals surface area contributed by atoms with Gasteiger partial charge in [0.25, 0.3) is 0 Å². The van der Waals surface area contributed by atoms with E-state index >= 15 is 0 Å². The van der Waals surface area contributed by atoms with Crippen LogP contribution in [0.3, 0.4) is 0 Å². The highest BCUT2D eigenvalue weighted by Gasteiger charge is 2.38. The van der Waals surface area contributed by atoms with Gasteiger partial charge in [0.2, 0.25) is 5.91 Å². The van der Waals surface area contributed by atoms with Crippen LogP contribution in [0, 0.1) is 0 Å². The fourth-order valence-electron chi connectivity index (χ4n) is 3.36. The van der Waals surface area contributed by atoms with Crippen LogP contribution in [0.2, 0.25) is 0 Å². The van der Waals surface area contributed by atoms with Crippen LogP contribution in [0.5, 0.6) is 0 Å². The molecule has 19 heavy (non-hydrogen) atoms. The molecule has 1 spiro atoms. The van der Waals surface area contributed by atoms with Gasteiger partial charge in [-0.1, -0.05) is 19.3 Å². The number of amides is 1.